The van der Waals surface area contributed by atoms with Crippen molar-refractivity contribution in [1.82, 2.24) is 39.7 Å². The van der Waals surface area contributed by atoms with E-state index in [9.17, 15) is 29.4 Å². The van der Waals surface area contributed by atoms with Crippen molar-refractivity contribution in [3.8, 4) is 0 Å². The summed E-state index contributed by atoms with van der Waals surface area (Å²) in [6.07, 6.45) is 4.73. The number of nitrogens with one attached hydrogen (secondary N) is 4. The normalized spacial score (nSPS) is 20.7. The van der Waals surface area contributed by atoms with Crippen LogP contribution in [0.5, 0.6) is 0 Å². The van der Waals surface area contributed by atoms with Gasteiger partial charge in [0.2, 0.25) is 0 Å². The van der Waals surface area contributed by atoms with Crippen molar-refractivity contribution in [3.05, 3.63) is 56.9 Å². The Morgan fingerprint density at radius 3 is 1.38 bits per heavy atom. The Morgan fingerprint density at radius 2 is 1.06 bits per heavy atom. The first-order chi connectivity index (χ1) is 22.0. The van der Waals surface area contributed by atoms with Crippen LogP contribution in [-0.4, -0.2) is 145 Å². The summed E-state index contributed by atoms with van der Waals surface area (Å²) in [5, 5.41) is 53.6. The van der Waals surface area contributed by atoms with Gasteiger partial charge >= 0.3 is 11.9 Å². The Bertz CT molecular complexity index is 1610. The first kappa shape index (κ1) is 39.6. The Morgan fingerprint density at radius 1 is 0.688 bits per heavy atom. The molecule has 0 spiro atoms. The number of aromatic amines is 4. The van der Waals surface area contributed by atoms with E-state index in [-0.39, 0.29) is 60.0 Å². The number of carboxylic acids is 2. The van der Waals surface area contributed by atoms with Gasteiger partial charge in [0.05, 0.1) is 48.7 Å². The second-order valence-corrected chi connectivity index (χ2v) is 11.2. The molecule has 266 valence electrons. The molecule has 0 aliphatic carbocycles. The van der Waals surface area contributed by atoms with E-state index in [1.165, 1.54) is 12.7 Å². The number of likely N-dealkylation sites (tertiary alicyclic amines) is 2. The summed E-state index contributed by atoms with van der Waals surface area (Å²) < 4.78 is 0. The van der Waals surface area contributed by atoms with Crippen LogP contribution in [0.2, 0.25) is 0 Å². The molecule has 0 saturated carbocycles. The van der Waals surface area contributed by atoms with Crippen molar-refractivity contribution < 1.29 is 51.2 Å². The molecule has 4 aromatic rings. The lowest BCUT2D eigenvalue weighted by atomic mass is 10.1. The quantitative estimate of drug-likeness (QED) is 0.0814. The third-order valence-electron chi connectivity index (χ3n) is 7.87. The third kappa shape index (κ3) is 9.98. The number of aliphatic hydroxyl groups excluding tert-OH is 4. The number of hydrogen-bond donors (Lipinski definition) is 10. The zero-order valence-corrected chi connectivity index (χ0v) is 25.8. The van der Waals surface area contributed by atoms with Gasteiger partial charge in [0.15, 0.2) is 0 Å². The number of aliphatic carboxylic acids is 2. The summed E-state index contributed by atoms with van der Waals surface area (Å²) in [6, 6.07) is 0. The van der Waals surface area contributed by atoms with Crippen LogP contribution in [0.3, 0.4) is 0 Å². The molecule has 2 aliphatic rings. The number of nitrogens with zero attached hydrogens (tertiary/aromatic N) is 4. The molecule has 6 rings (SSSR count). The van der Waals surface area contributed by atoms with Gasteiger partial charge in [-0.15, -0.1) is 0 Å². The fourth-order valence-corrected chi connectivity index (χ4v) is 5.45. The molecule has 2 saturated heterocycles. The molecule has 20 nitrogen and oxygen atoms in total. The van der Waals surface area contributed by atoms with Crippen LogP contribution in [0.4, 0.5) is 0 Å². The van der Waals surface area contributed by atoms with Gasteiger partial charge in [-0.25, -0.2) is 9.97 Å². The summed E-state index contributed by atoms with van der Waals surface area (Å²) in [7, 11) is 0. The highest BCUT2D eigenvalue weighted by atomic mass is 16.4. The Balaban J connectivity index is 0.000000265. The van der Waals surface area contributed by atoms with Gasteiger partial charge in [0, 0.05) is 87.8 Å². The van der Waals surface area contributed by atoms with E-state index in [0.29, 0.717) is 61.3 Å². The summed E-state index contributed by atoms with van der Waals surface area (Å²) >= 11 is 0. The van der Waals surface area contributed by atoms with E-state index < -0.39 is 24.1 Å². The number of aliphatic hydroxyl groups is 4. The maximum absolute atomic E-state index is 11.6. The van der Waals surface area contributed by atoms with Gasteiger partial charge in [-0.2, -0.15) is 0 Å². The fourth-order valence-electron chi connectivity index (χ4n) is 5.45. The van der Waals surface area contributed by atoms with E-state index in [1.54, 1.807) is 12.4 Å². The number of aromatic nitrogens is 6. The smallest absolute Gasteiger partial charge is 0.303 e. The molecule has 2 fully saturated rings. The Kier molecular flexibility index (Phi) is 15.0. The van der Waals surface area contributed by atoms with E-state index in [2.05, 4.69) is 39.7 Å². The zero-order chi connectivity index (χ0) is 33.4. The highest BCUT2D eigenvalue weighted by molar-refractivity contribution is 5.78. The molecule has 0 amide bonds. The van der Waals surface area contributed by atoms with Crippen molar-refractivity contribution in [2.75, 3.05) is 39.4 Å². The SMILES string of the molecule is O.O.O=C(O)CCC(=O)O.O=c1[nH]cnc2c(CN3C[C@H](CO)[C@@H](O)C3)c[nH]c12.O=c1[nH]cnc2c(CN3C[C@H](CO)[C@@H](O)C3)c[nH]c12. The predicted octanol–water partition coefficient (Wildman–Crippen LogP) is -3.64. The second-order valence-electron chi connectivity index (χ2n) is 11.2. The monoisotopic (exact) mass is 682 g/mol. The largest absolute Gasteiger partial charge is 0.481 e. The molecule has 2 aliphatic heterocycles. The molecule has 4 atom stereocenters. The molecule has 0 bridgehead atoms. The van der Waals surface area contributed by atoms with Crippen LogP contribution in [0, 0.1) is 11.8 Å². The lowest BCUT2D eigenvalue weighted by molar-refractivity contribution is -0.143. The minimum absolute atomic E-state index is 0. The first-order valence-corrected chi connectivity index (χ1v) is 14.5. The summed E-state index contributed by atoms with van der Waals surface area (Å²) in [5.41, 5.74) is 3.72. The van der Waals surface area contributed by atoms with E-state index in [1.807, 2.05) is 0 Å². The van der Waals surface area contributed by atoms with Crippen LogP contribution in [0.15, 0.2) is 34.6 Å². The molecule has 4 aromatic heterocycles. The number of hydrogen-bond acceptors (Lipinski definition) is 12. The average molecular weight is 683 g/mol. The van der Waals surface area contributed by atoms with Crippen molar-refractivity contribution >= 4 is 34.0 Å². The highest BCUT2D eigenvalue weighted by Gasteiger charge is 2.32. The number of fused-ring (bicyclic) bond motifs is 2. The van der Waals surface area contributed by atoms with Crippen LogP contribution in [0.25, 0.3) is 22.1 Å². The summed E-state index contributed by atoms with van der Waals surface area (Å²) in [4.78, 5) is 65.8. The molecule has 14 N–H and O–H groups in total. The number of β-amino-alcohol motifs (C(OH)–C–C–N with tert-alkyl or cyclic N) is 2. The maximum Gasteiger partial charge on any atom is 0.303 e. The van der Waals surface area contributed by atoms with Crippen molar-refractivity contribution in [2.24, 2.45) is 11.8 Å². The van der Waals surface area contributed by atoms with E-state index in [0.717, 1.165) is 11.1 Å². The Hall–Kier alpha value is -4.54. The standard InChI is InChI=1S/2C12H16N4O3.C4H6O4.2H2O/c2*17-5-8-3-16(4-9(8)18)2-7-1-13-11-10(7)14-6-15-12(11)19;5-3(6)1-2-4(7)8;;/h2*1,6,8-9,13,17-18H,2-5H2,(H,14,15,19);1-2H2,(H,5,6)(H,7,8);2*1H2/t2*8-,9+;;;/m11.../s1. The molecule has 20 heteroatoms. The lowest BCUT2D eigenvalue weighted by Gasteiger charge is -2.13. The van der Waals surface area contributed by atoms with Crippen molar-refractivity contribution in [3.63, 3.8) is 0 Å². The molecular formula is C28H42N8O12. The van der Waals surface area contributed by atoms with Gasteiger partial charge in [-0.3, -0.25) is 29.0 Å². The van der Waals surface area contributed by atoms with Crippen LogP contribution < -0.4 is 11.1 Å². The van der Waals surface area contributed by atoms with Gasteiger partial charge < -0.3 is 61.5 Å². The molecule has 6 heterocycles. The lowest BCUT2D eigenvalue weighted by Crippen LogP contribution is -2.21. The van der Waals surface area contributed by atoms with Gasteiger partial charge in [-0.05, 0) is 0 Å². The number of carboxylic acid groups (broad SMARTS) is 2. The van der Waals surface area contributed by atoms with E-state index in [4.69, 9.17) is 20.4 Å². The minimum Gasteiger partial charge on any atom is -0.481 e. The van der Waals surface area contributed by atoms with Gasteiger partial charge in [0.1, 0.15) is 11.0 Å². The molecule has 48 heavy (non-hydrogen) atoms. The number of H-pyrrole nitrogens is 4. The molecule has 0 radical (unpaired) electrons. The minimum atomic E-state index is -1.08. The second kappa shape index (κ2) is 18.1. The maximum atomic E-state index is 11.6. The van der Waals surface area contributed by atoms with Crippen LogP contribution in [-0.2, 0) is 22.7 Å². The summed E-state index contributed by atoms with van der Waals surface area (Å²) in [5.74, 6) is -2.34. The first-order valence-electron chi connectivity index (χ1n) is 14.5. The number of rotatable bonds is 9. The van der Waals surface area contributed by atoms with Crippen LogP contribution >= 0.6 is 0 Å². The number of carbonyl (C=O) groups is 2. The average Bonchev–Trinajstić information content (AvgIpc) is 3.80. The zero-order valence-electron chi connectivity index (χ0n) is 25.8. The van der Waals surface area contributed by atoms with E-state index >= 15 is 0 Å². The van der Waals surface area contributed by atoms with Crippen molar-refractivity contribution in [2.45, 2.75) is 38.1 Å². The van der Waals surface area contributed by atoms with Crippen LogP contribution in [0.1, 0.15) is 24.0 Å². The highest BCUT2D eigenvalue weighted by Crippen LogP contribution is 2.22. The molecule has 0 unspecified atom stereocenters. The van der Waals surface area contributed by atoms with Gasteiger partial charge in [-0.1, -0.05) is 0 Å². The summed E-state index contributed by atoms with van der Waals surface area (Å²) in [6.45, 7) is 3.53. The molecule has 0 aromatic carbocycles. The predicted molar refractivity (Wildman–Crippen MR) is 169 cm³/mol. The molecular weight excluding hydrogens is 640 g/mol. The van der Waals surface area contributed by atoms with Crippen molar-refractivity contribution in [1.29, 1.82) is 0 Å². The third-order valence-corrected chi connectivity index (χ3v) is 7.87. The van der Waals surface area contributed by atoms with Gasteiger partial charge in [0.25, 0.3) is 11.1 Å². The fraction of sp³-hybridized carbons (Fsp3) is 0.500. The Labute approximate surface area is 271 Å². The topological polar surface area (TPSA) is 348 Å².